The summed E-state index contributed by atoms with van der Waals surface area (Å²) in [7, 11) is -2.20. The minimum atomic E-state index is -3.65. The maximum Gasteiger partial charge on any atom is 0.244 e. The summed E-state index contributed by atoms with van der Waals surface area (Å²) in [5, 5.41) is 0. The fraction of sp³-hybridized carbons (Fsp3) is 0.250. The number of sulfonamides is 1. The third kappa shape index (κ3) is 4.09. The number of hydrogen-bond acceptors (Lipinski definition) is 3. The van der Waals surface area contributed by atoms with Gasteiger partial charge in [-0.2, -0.15) is 0 Å². The van der Waals surface area contributed by atoms with Gasteiger partial charge >= 0.3 is 0 Å². The van der Waals surface area contributed by atoms with Crippen LogP contribution in [0.1, 0.15) is 16.7 Å². The van der Waals surface area contributed by atoms with E-state index in [0.717, 1.165) is 16.7 Å². The molecule has 0 aromatic heterocycles. The van der Waals surface area contributed by atoms with Crippen molar-refractivity contribution in [2.45, 2.75) is 25.3 Å². The molecular weight excluding hydrogens is 366 g/mol. The standard InChI is InChI=1S/C16H18BrNO3S/c1-11-6-12(2)8-13(7-11)10-18-22(19,20)16-9-14(17)4-5-15(16)21-3/h4-9,18H,10H2,1-3H3. The van der Waals surface area contributed by atoms with Gasteiger partial charge in [0, 0.05) is 11.0 Å². The van der Waals surface area contributed by atoms with E-state index in [4.69, 9.17) is 4.74 Å². The molecule has 0 fully saturated rings. The zero-order valence-electron chi connectivity index (χ0n) is 12.7. The Kier molecular flexibility index (Phi) is 5.26. The average molecular weight is 384 g/mol. The summed E-state index contributed by atoms with van der Waals surface area (Å²) >= 11 is 3.29. The Hall–Kier alpha value is -1.37. The molecule has 0 spiro atoms. The molecule has 118 valence electrons. The Labute approximate surface area is 139 Å². The van der Waals surface area contributed by atoms with E-state index < -0.39 is 10.0 Å². The molecular formula is C16H18BrNO3S. The summed E-state index contributed by atoms with van der Waals surface area (Å²) in [6.45, 7) is 4.21. The maximum atomic E-state index is 12.5. The molecule has 0 aliphatic carbocycles. The third-order valence-corrected chi connectivity index (χ3v) is 5.08. The molecule has 2 aromatic carbocycles. The summed E-state index contributed by atoms with van der Waals surface area (Å²) in [5.74, 6) is 0.316. The Bertz CT molecular complexity index is 768. The molecule has 0 bridgehead atoms. The number of ether oxygens (including phenoxy) is 1. The monoisotopic (exact) mass is 383 g/mol. The van der Waals surface area contributed by atoms with E-state index in [0.29, 0.717) is 10.2 Å². The van der Waals surface area contributed by atoms with Gasteiger partial charge in [-0.05, 0) is 37.6 Å². The van der Waals surface area contributed by atoms with Crippen LogP contribution in [0.3, 0.4) is 0 Å². The van der Waals surface area contributed by atoms with Crippen molar-refractivity contribution < 1.29 is 13.2 Å². The van der Waals surface area contributed by atoms with Gasteiger partial charge in [0.15, 0.2) is 0 Å². The average Bonchev–Trinajstić information content (AvgIpc) is 2.44. The van der Waals surface area contributed by atoms with E-state index in [1.165, 1.54) is 13.2 Å². The smallest absolute Gasteiger partial charge is 0.244 e. The van der Waals surface area contributed by atoms with Crippen LogP contribution in [0.5, 0.6) is 5.75 Å². The second-order valence-corrected chi connectivity index (χ2v) is 7.77. The Balaban J connectivity index is 2.26. The normalized spacial score (nSPS) is 11.5. The van der Waals surface area contributed by atoms with Gasteiger partial charge in [-0.15, -0.1) is 0 Å². The van der Waals surface area contributed by atoms with E-state index >= 15 is 0 Å². The van der Waals surface area contributed by atoms with E-state index in [1.807, 2.05) is 26.0 Å². The number of nitrogens with one attached hydrogen (secondary N) is 1. The predicted octanol–water partition coefficient (Wildman–Crippen LogP) is 3.55. The summed E-state index contributed by atoms with van der Waals surface area (Å²) < 4.78 is 33.4. The molecule has 0 saturated carbocycles. The number of halogens is 1. The Morgan fingerprint density at radius 2 is 1.73 bits per heavy atom. The molecule has 0 amide bonds. The molecule has 0 aliphatic heterocycles. The van der Waals surface area contributed by atoms with Gasteiger partial charge < -0.3 is 4.74 Å². The van der Waals surface area contributed by atoms with Crippen LogP contribution >= 0.6 is 15.9 Å². The highest BCUT2D eigenvalue weighted by Gasteiger charge is 2.19. The molecule has 0 aliphatic rings. The number of aryl methyl sites for hydroxylation is 2. The minimum Gasteiger partial charge on any atom is -0.495 e. The largest absolute Gasteiger partial charge is 0.495 e. The summed E-state index contributed by atoms with van der Waals surface area (Å²) in [4.78, 5) is 0.119. The number of rotatable bonds is 5. The van der Waals surface area contributed by atoms with E-state index in [2.05, 4.69) is 26.7 Å². The van der Waals surface area contributed by atoms with Gasteiger partial charge in [-0.25, -0.2) is 13.1 Å². The van der Waals surface area contributed by atoms with Crippen LogP contribution in [0.15, 0.2) is 45.8 Å². The van der Waals surface area contributed by atoms with Gasteiger partial charge in [0.25, 0.3) is 0 Å². The fourth-order valence-electron chi connectivity index (χ4n) is 2.29. The van der Waals surface area contributed by atoms with Gasteiger partial charge in [0.1, 0.15) is 10.6 Å². The highest BCUT2D eigenvalue weighted by atomic mass is 79.9. The topological polar surface area (TPSA) is 55.4 Å². The summed E-state index contributed by atoms with van der Waals surface area (Å²) in [6.07, 6.45) is 0. The van der Waals surface area contributed by atoms with Crippen LogP contribution in [-0.2, 0) is 16.6 Å². The maximum absolute atomic E-state index is 12.5. The van der Waals surface area contributed by atoms with Crippen molar-refractivity contribution in [2.24, 2.45) is 0 Å². The van der Waals surface area contributed by atoms with Crippen LogP contribution in [0.2, 0.25) is 0 Å². The zero-order valence-corrected chi connectivity index (χ0v) is 15.1. The summed E-state index contributed by atoms with van der Waals surface area (Å²) in [5.41, 5.74) is 3.14. The lowest BCUT2D eigenvalue weighted by molar-refractivity contribution is 0.402. The molecule has 1 N–H and O–H groups in total. The lowest BCUT2D eigenvalue weighted by Gasteiger charge is -2.12. The van der Waals surface area contributed by atoms with Gasteiger partial charge in [-0.1, -0.05) is 45.3 Å². The van der Waals surface area contributed by atoms with Gasteiger partial charge in [0.2, 0.25) is 10.0 Å². The van der Waals surface area contributed by atoms with Crippen molar-refractivity contribution >= 4 is 26.0 Å². The number of benzene rings is 2. The minimum absolute atomic E-state index is 0.119. The predicted molar refractivity (Wildman–Crippen MR) is 90.6 cm³/mol. The van der Waals surface area contributed by atoms with E-state index in [1.54, 1.807) is 12.1 Å². The lowest BCUT2D eigenvalue weighted by Crippen LogP contribution is -2.24. The van der Waals surface area contributed by atoms with Crippen LogP contribution in [0, 0.1) is 13.8 Å². The molecule has 0 heterocycles. The van der Waals surface area contributed by atoms with E-state index in [9.17, 15) is 8.42 Å². The molecule has 0 radical (unpaired) electrons. The lowest BCUT2D eigenvalue weighted by atomic mass is 10.1. The van der Waals surface area contributed by atoms with Crippen LogP contribution in [0.4, 0.5) is 0 Å². The SMILES string of the molecule is COc1ccc(Br)cc1S(=O)(=O)NCc1cc(C)cc(C)c1. The third-order valence-electron chi connectivity index (χ3n) is 3.16. The second-order valence-electron chi connectivity index (χ2n) is 5.12. The van der Waals surface area contributed by atoms with Crippen molar-refractivity contribution in [1.82, 2.24) is 4.72 Å². The molecule has 0 atom stereocenters. The number of hydrogen-bond donors (Lipinski definition) is 1. The Morgan fingerprint density at radius 1 is 1.09 bits per heavy atom. The van der Waals surface area contributed by atoms with Crippen LogP contribution < -0.4 is 9.46 Å². The fourth-order valence-corrected chi connectivity index (χ4v) is 4.01. The van der Waals surface area contributed by atoms with Crippen molar-refractivity contribution in [3.63, 3.8) is 0 Å². The molecule has 6 heteroatoms. The van der Waals surface area contributed by atoms with Crippen LogP contribution in [0.25, 0.3) is 0 Å². The molecule has 4 nitrogen and oxygen atoms in total. The highest BCUT2D eigenvalue weighted by molar-refractivity contribution is 9.10. The van der Waals surface area contributed by atoms with Crippen molar-refractivity contribution in [2.75, 3.05) is 7.11 Å². The first-order valence-corrected chi connectivity index (χ1v) is 9.00. The zero-order chi connectivity index (χ0) is 16.3. The van der Waals surface area contributed by atoms with Gasteiger partial charge in [0.05, 0.1) is 7.11 Å². The molecule has 2 rings (SSSR count). The Morgan fingerprint density at radius 3 is 2.32 bits per heavy atom. The first-order chi connectivity index (χ1) is 10.3. The van der Waals surface area contributed by atoms with Crippen LogP contribution in [-0.4, -0.2) is 15.5 Å². The molecule has 0 unspecified atom stereocenters. The quantitative estimate of drug-likeness (QED) is 0.858. The van der Waals surface area contributed by atoms with Crippen molar-refractivity contribution in [3.05, 3.63) is 57.6 Å². The molecule has 2 aromatic rings. The first-order valence-electron chi connectivity index (χ1n) is 6.72. The van der Waals surface area contributed by atoms with Crippen molar-refractivity contribution in [3.8, 4) is 5.75 Å². The first kappa shape index (κ1) is 17.0. The van der Waals surface area contributed by atoms with E-state index in [-0.39, 0.29) is 11.4 Å². The summed E-state index contributed by atoms with van der Waals surface area (Å²) in [6, 6.07) is 10.9. The molecule has 22 heavy (non-hydrogen) atoms. The second kappa shape index (κ2) is 6.81. The van der Waals surface area contributed by atoms with Crippen molar-refractivity contribution in [1.29, 1.82) is 0 Å². The molecule has 0 saturated heterocycles. The number of methoxy groups -OCH3 is 1. The van der Waals surface area contributed by atoms with Gasteiger partial charge in [-0.3, -0.25) is 0 Å². The highest BCUT2D eigenvalue weighted by Crippen LogP contribution is 2.27.